The lowest BCUT2D eigenvalue weighted by Crippen LogP contribution is -2.25. The van der Waals surface area contributed by atoms with E-state index in [1.54, 1.807) is 0 Å². The van der Waals surface area contributed by atoms with Crippen LogP contribution in [0.15, 0.2) is 279 Å². The van der Waals surface area contributed by atoms with E-state index in [0.717, 1.165) is 50.3 Å². The van der Waals surface area contributed by atoms with E-state index >= 15 is 0 Å². The van der Waals surface area contributed by atoms with E-state index in [2.05, 4.69) is 273 Å². The molecule has 2 heteroatoms. The molecule has 2 aliphatic carbocycles. The first-order valence-electron chi connectivity index (χ1n) is 25.1. The zero-order valence-corrected chi connectivity index (χ0v) is 40.0. The number of benzene rings is 11. The molecule has 1 heterocycles. The second-order valence-electron chi connectivity index (χ2n) is 19.2. The molecule has 2 nitrogen and oxygen atoms in total. The molecular formula is C71H46N2. The van der Waals surface area contributed by atoms with Crippen LogP contribution in [0.4, 0.5) is 0 Å². The van der Waals surface area contributed by atoms with Gasteiger partial charge in [-0.25, -0.2) is 9.97 Å². The Labute approximate surface area is 426 Å². The van der Waals surface area contributed by atoms with Gasteiger partial charge in [0.05, 0.1) is 16.8 Å². The van der Waals surface area contributed by atoms with Gasteiger partial charge in [-0.2, -0.15) is 0 Å². The minimum absolute atomic E-state index is 0.467. The van der Waals surface area contributed by atoms with Gasteiger partial charge >= 0.3 is 0 Å². The fourth-order valence-electron chi connectivity index (χ4n) is 11.8. The normalized spacial score (nSPS) is 12.5. The van der Waals surface area contributed by atoms with Gasteiger partial charge in [0, 0.05) is 16.7 Å². The molecule has 0 radical (unpaired) electrons. The largest absolute Gasteiger partial charge is 0.228 e. The van der Waals surface area contributed by atoms with Crippen molar-refractivity contribution in [1.29, 1.82) is 0 Å². The maximum Gasteiger partial charge on any atom is 0.160 e. The number of fused-ring (bicyclic) bond motifs is 10. The predicted molar refractivity (Wildman–Crippen MR) is 302 cm³/mol. The molecule has 0 saturated carbocycles. The number of rotatable bonds is 8. The van der Waals surface area contributed by atoms with E-state index in [1.807, 2.05) is 6.07 Å². The molecule has 0 fully saturated rings. The topological polar surface area (TPSA) is 25.8 Å². The lowest BCUT2D eigenvalue weighted by Gasteiger charge is -2.31. The lowest BCUT2D eigenvalue weighted by atomic mass is 9.70. The quantitative estimate of drug-likeness (QED) is 0.152. The average molecular weight is 927 g/mol. The molecule has 0 unspecified atom stereocenters. The molecule has 73 heavy (non-hydrogen) atoms. The lowest BCUT2D eigenvalue weighted by molar-refractivity contribution is 0.794. The maximum atomic E-state index is 5.31. The highest BCUT2D eigenvalue weighted by Crippen LogP contribution is 2.63. The Bertz CT molecular complexity index is 4020. The van der Waals surface area contributed by atoms with Gasteiger partial charge in [0.25, 0.3) is 0 Å². The fourth-order valence-corrected chi connectivity index (χ4v) is 11.8. The van der Waals surface area contributed by atoms with Crippen LogP contribution in [0.2, 0.25) is 0 Å². The summed E-state index contributed by atoms with van der Waals surface area (Å²) in [5.41, 5.74) is 26.5. The third kappa shape index (κ3) is 7.10. The van der Waals surface area contributed by atoms with Crippen LogP contribution >= 0.6 is 0 Å². The van der Waals surface area contributed by atoms with Crippen molar-refractivity contribution in [2.75, 3.05) is 0 Å². The van der Waals surface area contributed by atoms with Crippen molar-refractivity contribution in [1.82, 2.24) is 9.97 Å². The average Bonchev–Trinajstić information content (AvgIpc) is 4.05. The molecule has 0 N–H and O–H groups in total. The molecule has 0 bridgehead atoms. The molecular weight excluding hydrogens is 881 g/mol. The van der Waals surface area contributed by atoms with E-state index in [0.29, 0.717) is 5.82 Å². The first-order valence-corrected chi connectivity index (χ1v) is 25.1. The van der Waals surface area contributed by atoms with E-state index in [9.17, 15) is 0 Å². The standard InChI is InChI=1S/C71H46N2/c1-4-19-47(20-5-1)49-37-39-50(40-38-49)61-44-63-60-33-12-15-36-66(60)71(64-34-13-10-31-58(64)59-32-11-14-35-65(59)71)67(63)45-62(61)55-28-16-26-53(41-55)54-27-18-30-57(43-54)70-72-68(51-23-8-3-9-24-51)46-69(73-70)56-29-17-25-52(42-56)48-21-6-2-7-22-48/h1-46H. The molecule has 1 spiro atoms. The molecule has 11 aromatic carbocycles. The zero-order valence-electron chi connectivity index (χ0n) is 40.0. The Morgan fingerprint density at radius 2 is 0.562 bits per heavy atom. The number of hydrogen-bond donors (Lipinski definition) is 0. The summed E-state index contributed by atoms with van der Waals surface area (Å²) in [7, 11) is 0. The summed E-state index contributed by atoms with van der Waals surface area (Å²) in [6.45, 7) is 0. The van der Waals surface area contributed by atoms with E-state index in [-0.39, 0.29) is 0 Å². The molecule has 0 saturated heterocycles. The predicted octanol–water partition coefficient (Wildman–Crippen LogP) is 18.2. The minimum atomic E-state index is -0.467. The zero-order chi connectivity index (χ0) is 48.3. The van der Waals surface area contributed by atoms with Gasteiger partial charge in [-0.15, -0.1) is 0 Å². The smallest absolute Gasteiger partial charge is 0.160 e. The summed E-state index contributed by atoms with van der Waals surface area (Å²) < 4.78 is 0. The molecule has 340 valence electrons. The van der Waals surface area contributed by atoms with Crippen molar-refractivity contribution >= 4 is 0 Å². The summed E-state index contributed by atoms with van der Waals surface area (Å²) in [5, 5.41) is 0. The van der Waals surface area contributed by atoms with Crippen LogP contribution < -0.4 is 0 Å². The Hall–Kier alpha value is -9.50. The summed E-state index contributed by atoms with van der Waals surface area (Å²) in [6.07, 6.45) is 0. The third-order valence-corrected chi connectivity index (χ3v) is 15.1. The van der Waals surface area contributed by atoms with Crippen molar-refractivity contribution < 1.29 is 0 Å². The second-order valence-corrected chi connectivity index (χ2v) is 19.2. The van der Waals surface area contributed by atoms with Crippen LogP contribution in [0.25, 0.3) is 112 Å². The number of aromatic nitrogens is 2. The van der Waals surface area contributed by atoms with E-state index in [1.165, 1.54) is 77.9 Å². The minimum Gasteiger partial charge on any atom is -0.228 e. The third-order valence-electron chi connectivity index (χ3n) is 15.1. The Kier molecular flexibility index (Phi) is 10.1. The van der Waals surface area contributed by atoms with Crippen LogP contribution in [0.5, 0.6) is 0 Å². The van der Waals surface area contributed by atoms with Crippen molar-refractivity contribution in [2.24, 2.45) is 0 Å². The molecule has 0 amide bonds. The first-order chi connectivity index (χ1) is 36.2. The van der Waals surface area contributed by atoms with Gasteiger partial charge < -0.3 is 0 Å². The molecule has 14 rings (SSSR count). The Morgan fingerprint density at radius 3 is 1.15 bits per heavy atom. The van der Waals surface area contributed by atoms with Crippen LogP contribution in [0, 0.1) is 0 Å². The molecule has 2 aliphatic rings. The van der Waals surface area contributed by atoms with Crippen molar-refractivity contribution in [3.05, 3.63) is 301 Å². The van der Waals surface area contributed by atoms with Crippen LogP contribution in [0.3, 0.4) is 0 Å². The van der Waals surface area contributed by atoms with Gasteiger partial charge in [0.15, 0.2) is 5.82 Å². The van der Waals surface area contributed by atoms with E-state index in [4.69, 9.17) is 9.97 Å². The molecule has 0 atom stereocenters. The number of nitrogens with zero attached hydrogens (tertiary/aromatic N) is 2. The van der Waals surface area contributed by atoms with Crippen LogP contribution in [-0.2, 0) is 5.41 Å². The maximum absolute atomic E-state index is 5.31. The van der Waals surface area contributed by atoms with Crippen LogP contribution in [-0.4, -0.2) is 9.97 Å². The Balaban J connectivity index is 0.929. The van der Waals surface area contributed by atoms with Crippen molar-refractivity contribution in [3.8, 4) is 112 Å². The molecule has 12 aromatic rings. The van der Waals surface area contributed by atoms with Crippen LogP contribution in [0.1, 0.15) is 22.3 Å². The summed E-state index contributed by atoms with van der Waals surface area (Å²) >= 11 is 0. The Morgan fingerprint density at radius 1 is 0.192 bits per heavy atom. The highest BCUT2D eigenvalue weighted by atomic mass is 14.9. The van der Waals surface area contributed by atoms with Gasteiger partial charge in [0.2, 0.25) is 0 Å². The highest BCUT2D eigenvalue weighted by molar-refractivity contribution is 5.99. The summed E-state index contributed by atoms with van der Waals surface area (Å²) in [4.78, 5) is 10.6. The first kappa shape index (κ1) is 42.4. The van der Waals surface area contributed by atoms with Gasteiger partial charge in [-0.1, -0.05) is 243 Å². The van der Waals surface area contributed by atoms with Crippen molar-refractivity contribution in [2.45, 2.75) is 5.41 Å². The monoisotopic (exact) mass is 926 g/mol. The summed E-state index contributed by atoms with van der Waals surface area (Å²) in [6, 6.07) is 102. The fraction of sp³-hybridized carbons (Fsp3) is 0.0141. The van der Waals surface area contributed by atoms with E-state index < -0.39 is 5.41 Å². The SMILES string of the molecule is c1ccc(-c2ccc(-c3cc4c(cc3-c3cccc(-c5cccc(-c6nc(-c7ccccc7)cc(-c7cccc(-c8ccccc8)c7)n6)c5)c3)C3(c5ccccc5-c5ccccc53)c3ccccc3-4)cc2)cc1. The van der Waals surface area contributed by atoms with Gasteiger partial charge in [-0.3, -0.25) is 0 Å². The highest BCUT2D eigenvalue weighted by Gasteiger charge is 2.51. The molecule has 0 aliphatic heterocycles. The van der Waals surface area contributed by atoms with Gasteiger partial charge in [0.1, 0.15) is 0 Å². The molecule has 1 aromatic heterocycles. The van der Waals surface area contributed by atoms with Crippen molar-refractivity contribution in [3.63, 3.8) is 0 Å². The summed E-state index contributed by atoms with van der Waals surface area (Å²) in [5.74, 6) is 0.682. The van der Waals surface area contributed by atoms with Gasteiger partial charge in [-0.05, 0) is 137 Å². The number of hydrogen-bond acceptors (Lipinski definition) is 2. The second kappa shape index (κ2) is 17.4.